The van der Waals surface area contributed by atoms with E-state index in [9.17, 15) is 0 Å². The van der Waals surface area contributed by atoms with Crippen LogP contribution in [0.15, 0.2) is 60.7 Å². The van der Waals surface area contributed by atoms with E-state index in [0.717, 1.165) is 23.3 Å². The second-order valence-electron chi connectivity index (χ2n) is 7.53. The average molecular weight is 389 g/mol. The molecule has 2 aromatic rings. The van der Waals surface area contributed by atoms with Crippen LogP contribution in [0, 0.1) is 11.8 Å². The molecule has 0 aromatic heterocycles. The van der Waals surface area contributed by atoms with Gasteiger partial charge in [-0.15, -0.1) is 0 Å². The van der Waals surface area contributed by atoms with Crippen LogP contribution in [0.3, 0.4) is 0 Å². The van der Waals surface area contributed by atoms with Gasteiger partial charge in [0.05, 0.1) is 0 Å². The zero-order valence-corrected chi connectivity index (χ0v) is 18.3. The number of rotatable bonds is 12. The van der Waals surface area contributed by atoms with Gasteiger partial charge in [-0.05, 0) is 61.2 Å². The van der Waals surface area contributed by atoms with E-state index in [4.69, 9.17) is 4.74 Å². The second-order valence-corrected chi connectivity index (χ2v) is 7.53. The van der Waals surface area contributed by atoms with Gasteiger partial charge in [-0.3, -0.25) is 0 Å². The Kier molecular flexibility index (Phi) is 11.4. The molecule has 1 nitrogen and oxygen atoms in total. The Bertz CT molecular complexity index is 757. The van der Waals surface area contributed by atoms with Gasteiger partial charge in [0, 0.05) is 11.1 Å². The van der Waals surface area contributed by atoms with Gasteiger partial charge in [-0.1, -0.05) is 88.5 Å². The lowest BCUT2D eigenvalue weighted by molar-refractivity contribution is 0.362. The topological polar surface area (TPSA) is 9.23 Å². The first-order chi connectivity index (χ1) is 14.3. The molecular weight excluding hydrogens is 352 g/mol. The van der Waals surface area contributed by atoms with E-state index in [0.29, 0.717) is 6.61 Å². The first kappa shape index (κ1) is 22.8. The fourth-order valence-electron chi connectivity index (χ4n) is 3.20. The predicted octanol–water partition coefficient (Wildman–Crippen LogP) is 7.72. The van der Waals surface area contributed by atoms with E-state index in [1.165, 1.54) is 56.9 Å². The van der Waals surface area contributed by atoms with Gasteiger partial charge in [0.1, 0.15) is 12.4 Å². The predicted molar refractivity (Wildman–Crippen MR) is 125 cm³/mol. The van der Waals surface area contributed by atoms with Gasteiger partial charge in [0.2, 0.25) is 0 Å². The summed E-state index contributed by atoms with van der Waals surface area (Å²) >= 11 is 0. The fraction of sp³-hybridized carbons (Fsp3) is 0.429. The first-order valence-corrected chi connectivity index (χ1v) is 11.3. The maximum atomic E-state index is 5.67. The third kappa shape index (κ3) is 10.0. The third-order valence-electron chi connectivity index (χ3n) is 4.98. The smallest absolute Gasteiger partial charge is 0.119 e. The summed E-state index contributed by atoms with van der Waals surface area (Å²) in [7, 11) is 0. The van der Waals surface area contributed by atoms with Gasteiger partial charge in [0.15, 0.2) is 0 Å². The van der Waals surface area contributed by atoms with E-state index in [1.807, 2.05) is 30.3 Å². The Morgan fingerprint density at radius 2 is 1.28 bits per heavy atom. The molecule has 0 atom stereocenters. The normalized spacial score (nSPS) is 10.7. The van der Waals surface area contributed by atoms with E-state index in [-0.39, 0.29) is 0 Å². The molecule has 0 aliphatic carbocycles. The van der Waals surface area contributed by atoms with Crippen molar-refractivity contribution >= 4 is 0 Å². The first-order valence-electron chi connectivity index (χ1n) is 11.3. The molecule has 0 spiro atoms. The standard InChI is InChI=1S/C28H36O/c1-3-5-7-8-9-10-11-13-25-14-16-26(17-15-25)18-19-27-20-22-28(23-21-27)29-24-12-6-4-2/h6,12,14-17,20-23H,3-5,7-11,13,24H2,1-2H3. The summed E-state index contributed by atoms with van der Waals surface area (Å²) in [6.07, 6.45) is 15.9. The number of hydrogen-bond acceptors (Lipinski definition) is 1. The van der Waals surface area contributed by atoms with Gasteiger partial charge < -0.3 is 4.74 Å². The minimum absolute atomic E-state index is 0.615. The quantitative estimate of drug-likeness (QED) is 0.205. The van der Waals surface area contributed by atoms with E-state index in [1.54, 1.807) is 0 Å². The van der Waals surface area contributed by atoms with Crippen LogP contribution in [-0.4, -0.2) is 6.61 Å². The second kappa shape index (κ2) is 14.5. The summed E-state index contributed by atoms with van der Waals surface area (Å²) in [5.41, 5.74) is 3.50. The van der Waals surface area contributed by atoms with Gasteiger partial charge in [-0.2, -0.15) is 0 Å². The van der Waals surface area contributed by atoms with Gasteiger partial charge in [0.25, 0.3) is 0 Å². The van der Waals surface area contributed by atoms with E-state index >= 15 is 0 Å². The number of hydrogen-bond donors (Lipinski definition) is 0. The molecular formula is C28H36O. The van der Waals surface area contributed by atoms with Crippen molar-refractivity contribution in [3.63, 3.8) is 0 Å². The highest BCUT2D eigenvalue weighted by Crippen LogP contribution is 2.13. The molecule has 0 N–H and O–H groups in total. The van der Waals surface area contributed by atoms with Crippen molar-refractivity contribution in [2.24, 2.45) is 0 Å². The molecule has 0 aliphatic rings. The van der Waals surface area contributed by atoms with Crippen LogP contribution in [-0.2, 0) is 6.42 Å². The summed E-state index contributed by atoms with van der Waals surface area (Å²) in [5, 5.41) is 0. The number of aryl methyl sites for hydroxylation is 1. The average Bonchev–Trinajstić information content (AvgIpc) is 2.76. The maximum Gasteiger partial charge on any atom is 0.119 e. The van der Waals surface area contributed by atoms with Crippen LogP contribution in [0.4, 0.5) is 0 Å². The molecule has 0 saturated heterocycles. The lowest BCUT2D eigenvalue weighted by Crippen LogP contribution is -1.92. The number of benzene rings is 2. The molecule has 0 heterocycles. The molecule has 2 aromatic carbocycles. The molecule has 0 amide bonds. The molecule has 0 radical (unpaired) electrons. The van der Waals surface area contributed by atoms with Gasteiger partial charge >= 0.3 is 0 Å². The molecule has 0 fully saturated rings. The summed E-state index contributed by atoms with van der Waals surface area (Å²) in [5.74, 6) is 7.38. The number of ether oxygens (including phenoxy) is 1. The minimum atomic E-state index is 0.615. The molecule has 1 heteroatoms. The number of unbranched alkanes of at least 4 members (excludes halogenated alkanes) is 6. The summed E-state index contributed by atoms with van der Waals surface area (Å²) in [6.45, 7) is 5.01. The van der Waals surface area contributed by atoms with Crippen LogP contribution < -0.4 is 4.74 Å². The largest absolute Gasteiger partial charge is 0.490 e. The van der Waals surface area contributed by atoms with Crippen LogP contribution in [0.5, 0.6) is 5.75 Å². The highest BCUT2D eigenvalue weighted by atomic mass is 16.5. The van der Waals surface area contributed by atoms with Crippen molar-refractivity contribution < 1.29 is 4.74 Å². The van der Waals surface area contributed by atoms with Crippen molar-refractivity contribution in [3.05, 3.63) is 77.4 Å². The van der Waals surface area contributed by atoms with Crippen molar-refractivity contribution in [1.82, 2.24) is 0 Å². The summed E-state index contributed by atoms with van der Waals surface area (Å²) in [6, 6.07) is 16.7. The molecule has 0 saturated carbocycles. The Balaban J connectivity index is 1.74. The minimum Gasteiger partial charge on any atom is -0.490 e. The lowest BCUT2D eigenvalue weighted by atomic mass is 10.0. The zero-order chi connectivity index (χ0) is 20.6. The highest BCUT2D eigenvalue weighted by molar-refractivity contribution is 5.44. The lowest BCUT2D eigenvalue weighted by Gasteiger charge is -2.03. The molecule has 0 aliphatic heterocycles. The van der Waals surface area contributed by atoms with E-state index in [2.05, 4.69) is 56.0 Å². The Hall–Kier alpha value is -2.46. The summed E-state index contributed by atoms with van der Waals surface area (Å²) in [4.78, 5) is 0. The van der Waals surface area contributed by atoms with E-state index < -0.39 is 0 Å². The van der Waals surface area contributed by atoms with Crippen LogP contribution in [0.25, 0.3) is 0 Å². The van der Waals surface area contributed by atoms with Crippen molar-refractivity contribution in [1.29, 1.82) is 0 Å². The van der Waals surface area contributed by atoms with Crippen LogP contribution in [0.1, 0.15) is 81.9 Å². The van der Waals surface area contributed by atoms with Crippen molar-refractivity contribution in [2.75, 3.05) is 6.61 Å². The zero-order valence-electron chi connectivity index (χ0n) is 18.3. The molecule has 0 unspecified atom stereocenters. The Labute approximate surface area is 178 Å². The van der Waals surface area contributed by atoms with Crippen LogP contribution in [0.2, 0.25) is 0 Å². The highest BCUT2D eigenvalue weighted by Gasteiger charge is 1.96. The van der Waals surface area contributed by atoms with Crippen molar-refractivity contribution in [3.8, 4) is 17.6 Å². The molecule has 0 bridgehead atoms. The monoisotopic (exact) mass is 388 g/mol. The van der Waals surface area contributed by atoms with Crippen molar-refractivity contribution in [2.45, 2.75) is 71.6 Å². The van der Waals surface area contributed by atoms with Gasteiger partial charge in [-0.25, -0.2) is 0 Å². The Morgan fingerprint density at radius 1 is 0.690 bits per heavy atom. The number of allylic oxidation sites excluding steroid dienone is 1. The third-order valence-corrected chi connectivity index (χ3v) is 4.98. The van der Waals surface area contributed by atoms with Crippen LogP contribution >= 0.6 is 0 Å². The molecule has 154 valence electrons. The fourth-order valence-corrected chi connectivity index (χ4v) is 3.20. The Morgan fingerprint density at radius 3 is 1.90 bits per heavy atom. The summed E-state index contributed by atoms with van der Waals surface area (Å²) < 4.78 is 5.67. The molecule has 2 rings (SSSR count). The SMILES string of the molecule is CCC=CCOc1ccc(C#Cc2ccc(CCCCCCCCC)cc2)cc1. The molecule has 29 heavy (non-hydrogen) atoms. The maximum absolute atomic E-state index is 5.67.